The van der Waals surface area contributed by atoms with Crippen molar-refractivity contribution in [1.82, 2.24) is 15.2 Å². The van der Waals surface area contributed by atoms with Crippen molar-refractivity contribution in [2.75, 3.05) is 0 Å². The summed E-state index contributed by atoms with van der Waals surface area (Å²) in [6.07, 6.45) is 0. The smallest absolute Gasteiger partial charge is 0.148 e. The van der Waals surface area contributed by atoms with E-state index >= 15 is 0 Å². The van der Waals surface area contributed by atoms with Crippen molar-refractivity contribution >= 4 is 34.2 Å². The maximum absolute atomic E-state index is 5.75. The largest absolute Gasteiger partial charge is 0.280 e. The number of hydrogen-bond acceptors (Lipinski definition) is 2. The molecule has 0 aliphatic rings. The number of pyridine rings is 1. The number of nitrogens with zero attached hydrogens (tertiary/aromatic N) is 2. The van der Waals surface area contributed by atoms with Crippen LogP contribution in [0.5, 0.6) is 0 Å². The Morgan fingerprint density at radius 2 is 2.17 bits per heavy atom. The highest BCUT2D eigenvalue weighted by Crippen LogP contribution is 2.24. The Morgan fingerprint density at radius 3 is 2.92 bits per heavy atom. The van der Waals surface area contributed by atoms with Crippen LogP contribution in [0.25, 0.3) is 11.0 Å². The summed E-state index contributed by atoms with van der Waals surface area (Å²) >= 11 is 11.5. The quantitative estimate of drug-likeness (QED) is 0.667. The van der Waals surface area contributed by atoms with Gasteiger partial charge in [0.2, 0.25) is 0 Å². The van der Waals surface area contributed by atoms with Gasteiger partial charge in [-0.05, 0) is 13.0 Å². The third-order valence-electron chi connectivity index (χ3n) is 1.61. The predicted molar refractivity (Wildman–Crippen MR) is 48.6 cm³/mol. The molecule has 0 aliphatic carbocycles. The molecule has 0 bridgehead atoms. The van der Waals surface area contributed by atoms with E-state index in [1.807, 2.05) is 6.92 Å². The first-order chi connectivity index (χ1) is 5.68. The second-order valence-corrected chi connectivity index (χ2v) is 3.24. The lowest BCUT2D eigenvalue weighted by molar-refractivity contribution is 1.07. The van der Waals surface area contributed by atoms with Crippen molar-refractivity contribution in [2.45, 2.75) is 6.92 Å². The molecule has 2 rings (SSSR count). The zero-order valence-electron chi connectivity index (χ0n) is 6.23. The van der Waals surface area contributed by atoms with Gasteiger partial charge in [0.05, 0.1) is 10.7 Å². The lowest BCUT2D eigenvalue weighted by Crippen LogP contribution is -1.79. The summed E-state index contributed by atoms with van der Waals surface area (Å²) in [5.41, 5.74) is 2.40. The van der Waals surface area contributed by atoms with E-state index in [9.17, 15) is 0 Å². The van der Waals surface area contributed by atoms with Crippen LogP contribution in [0.4, 0.5) is 0 Å². The molecule has 0 fully saturated rings. The third-order valence-corrected chi connectivity index (χ3v) is 2.29. The molecular weight excluding hydrogens is 197 g/mol. The van der Waals surface area contributed by atoms with E-state index < -0.39 is 0 Å². The number of aromatic amines is 1. The van der Waals surface area contributed by atoms with Crippen LogP contribution in [0.1, 0.15) is 5.69 Å². The first-order valence-electron chi connectivity index (χ1n) is 3.35. The second-order valence-electron chi connectivity index (χ2n) is 2.48. The molecule has 0 atom stereocenters. The molecule has 0 spiro atoms. The fourth-order valence-corrected chi connectivity index (χ4v) is 1.30. The van der Waals surface area contributed by atoms with Crippen molar-refractivity contribution in [3.05, 3.63) is 21.9 Å². The molecular formula is C7H5Cl2N3. The van der Waals surface area contributed by atoms with Crippen LogP contribution in [-0.2, 0) is 0 Å². The van der Waals surface area contributed by atoms with Gasteiger partial charge in [0.15, 0.2) is 0 Å². The van der Waals surface area contributed by atoms with Crippen LogP contribution in [0.15, 0.2) is 6.07 Å². The summed E-state index contributed by atoms with van der Waals surface area (Å²) in [4.78, 5) is 4.07. The van der Waals surface area contributed by atoms with Gasteiger partial charge in [0, 0.05) is 0 Å². The average Bonchev–Trinajstić information content (AvgIpc) is 2.35. The summed E-state index contributed by atoms with van der Waals surface area (Å²) in [6, 6.07) is 1.69. The van der Waals surface area contributed by atoms with Gasteiger partial charge < -0.3 is 0 Å². The zero-order chi connectivity index (χ0) is 8.72. The molecule has 2 aromatic rings. The molecule has 0 unspecified atom stereocenters. The summed E-state index contributed by atoms with van der Waals surface area (Å²) < 4.78 is 0. The molecule has 2 aromatic heterocycles. The first kappa shape index (κ1) is 7.83. The van der Waals surface area contributed by atoms with Crippen molar-refractivity contribution in [2.24, 2.45) is 0 Å². The number of halogens is 2. The Balaban J connectivity index is 2.87. The van der Waals surface area contributed by atoms with Crippen LogP contribution in [0, 0.1) is 6.92 Å². The number of aromatic nitrogens is 3. The van der Waals surface area contributed by atoms with E-state index in [-0.39, 0.29) is 0 Å². The van der Waals surface area contributed by atoms with E-state index in [1.54, 1.807) is 6.07 Å². The van der Waals surface area contributed by atoms with Gasteiger partial charge in [-0.3, -0.25) is 5.10 Å². The molecule has 0 amide bonds. The topological polar surface area (TPSA) is 41.6 Å². The van der Waals surface area contributed by atoms with Crippen LogP contribution in [0.2, 0.25) is 10.2 Å². The van der Waals surface area contributed by atoms with Gasteiger partial charge in [-0.25, -0.2) is 4.98 Å². The van der Waals surface area contributed by atoms with Crippen molar-refractivity contribution < 1.29 is 0 Å². The van der Waals surface area contributed by atoms with Crippen molar-refractivity contribution in [1.29, 1.82) is 0 Å². The summed E-state index contributed by atoms with van der Waals surface area (Å²) in [5.74, 6) is 0. The molecule has 0 saturated heterocycles. The number of aryl methyl sites for hydroxylation is 1. The highest BCUT2D eigenvalue weighted by Gasteiger charge is 2.06. The number of fused-ring (bicyclic) bond motifs is 1. The fraction of sp³-hybridized carbons (Fsp3) is 0.143. The Labute approximate surface area is 78.7 Å². The molecule has 0 radical (unpaired) electrons. The van der Waals surface area contributed by atoms with Crippen LogP contribution < -0.4 is 0 Å². The van der Waals surface area contributed by atoms with Crippen LogP contribution in [-0.4, -0.2) is 15.2 Å². The molecule has 0 aromatic carbocycles. The normalized spacial score (nSPS) is 10.9. The van der Waals surface area contributed by atoms with E-state index in [1.165, 1.54) is 0 Å². The van der Waals surface area contributed by atoms with Gasteiger partial charge in [-0.15, -0.1) is 0 Å². The number of hydrogen-bond donors (Lipinski definition) is 1. The highest BCUT2D eigenvalue weighted by molar-refractivity contribution is 6.41. The predicted octanol–water partition coefficient (Wildman–Crippen LogP) is 2.57. The minimum Gasteiger partial charge on any atom is -0.280 e. The van der Waals surface area contributed by atoms with E-state index in [0.29, 0.717) is 10.2 Å². The molecule has 1 N–H and O–H groups in total. The van der Waals surface area contributed by atoms with Gasteiger partial charge in [-0.2, -0.15) is 5.10 Å². The Hall–Kier alpha value is -0.800. The molecule has 5 heteroatoms. The van der Waals surface area contributed by atoms with Gasteiger partial charge >= 0.3 is 0 Å². The van der Waals surface area contributed by atoms with Gasteiger partial charge in [0.1, 0.15) is 16.2 Å². The van der Waals surface area contributed by atoms with Crippen molar-refractivity contribution in [3.63, 3.8) is 0 Å². The maximum atomic E-state index is 5.75. The number of H-pyrrole nitrogens is 1. The fourth-order valence-electron chi connectivity index (χ4n) is 1.01. The molecule has 2 heterocycles. The lowest BCUT2D eigenvalue weighted by atomic mass is 10.3. The minimum absolute atomic E-state index is 0.314. The zero-order valence-corrected chi connectivity index (χ0v) is 7.74. The van der Waals surface area contributed by atoms with E-state index in [2.05, 4.69) is 15.2 Å². The van der Waals surface area contributed by atoms with E-state index in [0.717, 1.165) is 16.7 Å². The Morgan fingerprint density at radius 1 is 1.42 bits per heavy atom. The van der Waals surface area contributed by atoms with Gasteiger partial charge in [0.25, 0.3) is 0 Å². The maximum Gasteiger partial charge on any atom is 0.148 e. The van der Waals surface area contributed by atoms with Crippen LogP contribution in [0.3, 0.4) is 0 Å². The summed E-state index contributed by atoms with van der Waals surface area (Å²) in [5, 5.41) is 7.53. The van der Waals surface area contributed by atoms with Gasteiger partial charge in [-0.1, -0.05) is 23.2 Å². The van der Waals surface area contributed by atoms with Crippen LogP contribution >= 0.6 is 23.2 Å². The molecule has 0 saturated carbocycles. The van der Waals surface area contributed by atoms with Crippen molar-refractivity contribution in [3.8, 4) is 0 Å². The SMILES string of the molecule is Cc1[nH]nc2cc(Cl)c(Cl)nc12. The summed E-state index contributed by atoms with van der Waals surface area (Å²) in [6.45, 7) is 1.88. The Kier molecular flexibility index (Phi) is 1.70. The minimum atomic E-state index is 0.314. The third kappa shape index (κ3) is 1.06. The highest BCUT2D eigenvalue weighted by atomic mass is 35.5. The Bertz CT molecular complexity index is 435. The number of nitrogens with one attached hydrogen (secondary N) is 1. The molecule has 62 valence electrons. The molecule has 3 nitrogen and oxygen atoms in total. The molecule has 0 aliphatic heterocycles. The average molecular weight is 202 g/mol. The number of rotatable bonds is 0. The molecule has 12 heavy (non-hydrogen) atoms. The first-order valence-corrected chi connectivity index (χ1v) is 4.11. The second kappa shape index (κ2) is 2.61. The van der Waals surface area contributed by atoms with E-state index in [4.69, 9.17) is 23.2 Å². The monoisotopic (exact) mass is 201 g/mol. The lowest BCUT2D eigenvalue weighted by Gasteiger charge is -1.93. The standard InChI is InChI=1S/C7H5Cl2N3/c1-3-6-5(12-11-3)2-4(8)7(9)10-6/h2H,1H3,(H,11,12). The summed E-state index contributed by atoms with van der Waals surface area (Å²) in [7, 11) is 0.